The second-order valence-electron chi connectivity index (χ2n) is 8.61. The Morgan fingerprint density at radius 2 is 1.71 bits per heavy atom. The third-order valence-electron chi connectivity index (χ3n) is 5.90. The predicted octanol–water partition coefficient (Wildman–Crippen LogP) is 3.94. The van der Waals surface area contributed by atoms with Crippen molar-refractivity contribution in [1.82, 2.24) is 8.87 Å². The number of aryl methyl sites for hydroxylation is 1. The quantitative estimate of drug-likeness (QED) is 0.326. The normalized spacial score (nSPS) is 13.4. The van der Waals surface area contributed by atoms with Crippen molar-refractivity contribution in [3.05, 3.63) is 46.8 Å². The Bertz CT molecular complexity index is 1490. The topological polar surface area (TPSA) is 117 Å². The van der Waals surface area contributed by atoms with Gasteiger partial charge in [0.1, 0.15) is 0 Å². The molecule has 0 saturated heterocycles. The molecule has 1 aliphatic rings. The Labute approximate surface area is 225 Å². The SMILES string of the molecule is CCCN(CCC)S(=O)(=O)c1ccc(C(=O)N=c2sc3cc4c(cc3n2CCC(=O)OCC)OCO4)cc1. The number of carbonyl (C=O) groups is 2. The van der Waals surface area contributed by atoms with Crippen molar-refractivity contribution in [2.24, 2.45) is 4.99 Å². The first-order chi connectivity index (χ1) is 18.3. The van der Waals surface area contributed by atoms with E-state index in [0.717, 1.165) is 10.2 Å². The number of rotatable bonds is 11. The van der Waals surface area contributed by atoms with Crippen LogP contribution < -0.4 is 14.3 Å². The van der Waals surface area contributed by atoms with Crippen LogP contribution in [-0.2, 0) is 26.1 Å². The fourth-order valence-corrected chi connectivity index (χ4v) is 6.81. The summed E-state index contributed by atoms with van der Waals surface area (Å²) in [6.07, 6.45) is 1.52. The van der Waals surface area contributed by atoms with Crippen LogP contribution in [0.2, 0.25) is 0 Å². The van der Waals surface area contributed by atoms with Crippen molar-refractivity contribution in [3.63, 3.8) is 0 Å². The first kappa shape index (κ1) is 27.8. The Balaban J connectivity index is 1.66. The van der Waals surface area contributed by atoms with Gasteiger partial charge in [-0.1, -0.05) is 25.2 Å². The number of nitrogens with zero attached hydrogens (tertiary/aromatic N) is 3. The summed E-state index contributed by atoms with van der Waals surface area (Å²) in [6, 6.07) is 9.46. The van der Waals surface area contributed by atoms with Crippen LogP contribution in [0.15, 0.2) is 46.3 Å². The Morgan fingerprint density at radius 3 is 2.34 bits per heavy atom. The molecule has 0 fully saturated rings. The summed E-state index contributed by atoms with van der Waals surface area (Å²) in [5, 5.41) is 0. The van der Waals surface area contributed by atoms with Crippen LogP contribution in [0.25, 0.3) is 10.2 Å². The standard InChI is InChI=1S/C26H31N3O7S2/c1-4-12-28(13-5-2)38(32,33)19-9-7-18(8-10-19)25(31)27-26-29(14-11-24(30)34-6-3)20-15-21-22(36-17-35-21)16-23(20)37-26/h7-10,15-16H,4-6,11-14,17H2,1-3H3. The van der Waals surface area contributed by atoms with Gasteiger partial charge in [-0.25, -0.2) is 8.42 Å². The van der Waals surface area contributed by atoms with E-state index in [0.29, 0.717) is 42.2 Å². The maximum atomic E-state index is 13.1. The highest BCUT2D eigenvalue weighted by Crippen LogP contribution is 2.37. The van der Waals surface area contributed by atoms with Crippen molar-refractivity contribution in [1.29, 1.82) is 0 Å². The molecule has 2 aromatic carbocycles. The van der Waals surface area contributed by atoms with Gasteiger partial charge in [0, 0.05) is 37.3 Å². The number of thiazole rings is 1. The minimum Gasteiger partial charge on any atom is -0.466 e. The van der Waals surface area contributed by atoms with Crippen molar-refractivity contribution in [3.8, 4) is 11.5 Å². The van der Waals surface area contributed by atoms with E-state index < -0.39 is 15.9 Å². The summed E-state index contributed by atoms with van der Waals surface area (Å²) < 4.78 is 46.2. The molecule has 1 amide bonds. The van der Waals surface area contributed by atoms with Gasteiger partial charge in [0.2, 0.25) is 16.8 Å². The average Bonchev–Trinajstić information content (AvgIpc) is 3.49. The lowest BCUT2D eigenvalue weighted by molar-refractivity contribution is -0.143. The van der Waals surface area contributed by atoms with E-state index in [-0.39, 0.29) is 42.8 Å². The summed E-state index contributed by atoms with van der Waals surface area (Å²) in [5.74, 6) is 0.306. The number of carbonyl (C=O) groups excluding carboxylic acids is 2. The second-order valence-corrected chi connectivity index (χ2v) is 11.6. The van der Waals surface area contributed by atoms with Crippen LogP contribution in [0.1, 0.15) is 50.4 Å². The lowest BCUT2D eigenvalue weighted by Gasteiger charge is -2.21. The maximum Gasteiger partial charge on any atom is 0.307 e. The number of aromatic nitrogens is 1. The number of fused-ring (bicyclic) bond motifs is 2. The van der Waals surface area contributed by atoms with Crippen molar-refractivity contribution < 1.29 is 32.2 Å². The smallest absolute Gasteiger partial charge is 0.307 e. The van der Waals surface area contributed by atoms with E-state index in [2.05, 4.69) is 4.99 Å². The molecule has 0 radical (unpaired) electrons. The van der Waals surface area contributed by atoms with Gasteiger partial charge in [-0.2, -0.15) is 9.30 Å². The number of esters is 1. The van der Waals surface area contributed by atoms with Crippen molar-refractivity contribution >= 4 is 43.5 Å². The third kappa shape index (κ3) is 5.92. The molecule has 1 aliphatic heterocycles. The monoisotopic (exact) mass is 561 g/mol. The van der Waals surface area contributed by atoms with E-state index in [4.69, 9.17) is 14.2 Å². The summed E-state index contributed by atoms with van der Waals surface area (Å²) in [6.45, 7) is 7.14. The predicted molar refractivity (Wildman–Crippen MR) is 143 cm³/mol. The zero-order valence-electron chi connectivity index (χ0n) is 21.6. The van der Waals surface area contributed by atoms with Crippen molar-refractivity contribution in [2.45, 2.75) is 51.5 Å². The molecule has 0 bridgehead atoms. The fraction of sp³-hybridized carbons (Fsp3) is 0.423. The molecule has 0 aliphatic carbocycles. The molecular weight excluding hydrogens is 530 g/mol. The summed E-state index contributed by atoms with van der Waals surface area (Å²) in [5.41, 5.74) is 1.01. The van der Waals surface area contributed by atoms with Crippen LogP contribution in [0.5, 0.6) is 11.5 Å². The number of ether oxygens (including phenoxy) is 3. The highest BCUT2D eigenvalue weighted by molar-refractivity contribution is 7.89. The number of amides is 1. The molecule has 0 atom stereocenters. The van der Waals surface area contributed by atoms with Crippen LogP contribution in [0.4, 0.5) is 0 Å². The fourth-order valence-electron chi connectivity index (χ4n) is 4.12. The highest BCUT2D eigenvalue weighted by Gasteiger charge is 2.23. The summed E-state index contributed by atoms with van der Waals surface area (Å²) in [7, 11) is -3.65. The van der Waals surface area contributed by atoms with Gasteiger partial charge in [-0.15, -0.1) is 0 Å². The van der Waals surface area contributed by atoms with Crippen LogP contribution >= 0.6 is 11.3 Å². The zero-order chi connectivity index (χ0) is 27.3. The first-order valence-electron chi connectivity index (χ1n) is 12.6. The van der Waals surface area contributed by atoms with Gasteiger partial charge in [0.15, 0.2) is 16.3 Å². The molecule has 0 saturated carbocycles. The average molecular weight is 562 g/mol. The van der Waals surface area contributed by atoms with E-state index in [1.54, 1.807) is 17.6 Å². The lowest BCUT2D eigenvalue weighted by Crippen LogP contribution is -2.32. The maximum absolute atomic E-state index is 13.1. The van der Waals surface area contributed by atoms with Crippen LogP contribution in [-0.4, -0.2) is 55.7 Å². The minimum atomic E-state index is -3.65. The second kappa shape index (κ2) is 12.1. The molecule has 3 aromatic rings. The Hall–Kier alpha value is -3.22. The van der Waals surface area contributed by atoms with Crippen molar-refractivity contribution in [2.75, 3.05) is 26.5 Å². The summed E-state index contributed by atoms with van der Waals surface area (Å²) in [4.78, 5) is 30.0. The third-order valence-corrected chi connectivity index (χ3v) is 8.86. The van der Waals surface area contributed by atoms with Crippen LogP contribution in [0, 0.1) is 0 Å². The van der Waals surface area contributed by atoms with Gasteiger partial charge in [-0.3, -0.25) is 9.59 Å². The molecule has 0 spiro atoms. The van der Waals surface area contributed by atoms with Gasteiger partial charge < -0.3 is 18.8 Å². The largest absolute Gasteiger partial charge is 0.466 e. The molecule has 0 unspecified atom stereocenters. The van der Waals surface area contributed by atoms with E-state index in [9.17, 15) is 18.0 Å². The van der Waals surface area contributed by atoms with Gasteiger partial charge >= 0.3 is 5.97 Å². The molecule has 0 N–H and O–H groups in total. The van der Waals surface area contributed by atoms with Crippen LogP contribution in [0.3, 0.4) is 0 Å². The molecule has 12 heteroatoms. The highest BCUT2D eigenvalue weighted by atomic mass is 32.2. The molecule has 2 heterocycles. The number of hydrogen-bond acceptors (Lipinski definition) is 8. The van der Waals surface area contributed by atoms with Gasteiger partial charge in [0.05, 0.1) is 28.1 Å². The number of benzene rings is 2. The molecule has 38 heavy (non-hydrogen) atoms. The minimum absolute atomic E-state index is 0.105. The zero-order valence-corrected chi connectivity index (χ0v) is 23.3. The lowest BCUT2D eigenvalue weighted by atomic mass is 10.2. The van der Waals surface area contributed by atoms with Gasteiger partial charge in [-0.05, 0) is 44.0 Å². The van der Waals surface area contributed by atoms with E-state index in [1.807, 2.05) is 19.9 Å². The molecule has 4 rings (SSSR count). The van der Waals surface area contributed by atoms with E-state index >= 15 is 0 Å². The Kier molecular flexibility index (Phi) is 8.85. The number of hydrogen-bond donors (Lipinski definition) is 0. The summed E-state index contributed by atoms with van der Waals surface area (Å²) >= 11 is 1.29. The molecule has 204 valence electrons. The first-order valence-corrected chi connectivity index (χ1v) is 14.8. The molecule has 1 aromatic heterocycles. The molecule has 10 nitrogen and oxygen atoms in total. The number of sulfonamides is 1. The molecular formula is C26H31N3O7S2. The van der Waals surface area contributed by atoms with Gasteiger partial charge in [0.25, 0.3) is 5.91 Å². The Morgan fingerprint density at radius 1 is 1.05 bits per heavy atom. The van der Waals surface area contributed by atoms with E-state index in [1.165, 1.54) is 39.9 Å².